The molecular weight excluding hydrogens is 296 g/mol. The lowest BCUT2D eigenvalue weighted by Gasteiger charge is -2.05. The summed E-state index contributed by atoms with van der Waals surface area (Å²) in [6, 6.07) is 8.01. The number of aromatic nitrogens is 5. The number of pyridine rings is 1. The van der Waals surface area contributed by atoms with Crippen molar-refractivity contribution < 1.29 is 0 Å². The molecule has 0 fully saturated rings. The number of nitrogens with zero attached hydrogens (tertiary/aromatic N) is 5. The van der Waals surface area contributed by atoms with E-state index in [2.05, 4.69) is 38.5 Å². The molecule has 4 aromatic rings. The summed E-state index contributed by atoms with van der Waals surface area (Å²) in [7, 11) is 0. The molecule has 1 N–H and O–H groups in total. The van der Waals surface area contributed by atoms with Gasteiger partial charge in [0, 0.05) is 24.0 Å². The van der Waals surface area contributed by atoms with Gasteiger partial charge in [-0.15, -0.1) is 21.5 Å². The number of nitrogens with one attached hydrogen (secondary N) is 1. The SMILES string of the molecule is Cc1cc2c(NCCc3nnc4ccccn34)ncnc2s1. The molecule has 0 atom stereocenters. The molecular formula is C15H14N6S. The van der Waals surface area contributed by atoms with Crippen molar-refractivity contribution in [1.29, 1.82) is 0 Å². The van der Waals surface area contributed by atoms with Crippen LogP contribution >= 0.6 is 11.3 Å². The zero-order valence-corrected chi connectivity index (χ0v) is 12.8. The summed E-state index contributed by atoms with van der Waals surface area (Å²) in [6.07, 6.45) is 4.36. The molecule has 0 saturated carbocycles. The molecule has 7 heteroatoms. The molecule has 0 amide bonds. The van der Waals surface area contributed by atoms with Crippen LogP contribution in [0.5, 0.6) is 0 Å². The number of fused-ring (bicyclic) bond motifs is 2. The summed E-state index contributed by atoms with van der Waals surface area (Å²) in [5, 5.41) is 12.9. The molecule has 22 heavy (non-hydrogen) atoms. The fraction of sp³-hybridized carbons (Fsp3) is 0.200. The number of rotatable bonds is 4. The van der Waals surface area contributed by atoms with E-state index < -0.39 is 0 Å². The highest BCUT2D eigenvalue weighted by Gasteiger charge is 2.08. The average molecular weight is 310 g/mol. The van der Waals surface area contributed by atoms with E-state index in [1.165, 1.54) is 4.88 Å². The topological polar surface area (TPSA) is 68.0 Å². The zero-order chi connectivity index (χ0) is 14.9. The van der Waals surface area contributed by atoms with E-state index in [4.69, 9.17) is 0 Å². The first-order chi connectivity index (χ1) is 10.8. The fourth-order valence-corrected chi connectivity index (χ4v) is 3.32. The van der Waals surface area contributed by atoms with Crippen LogP contribution in [-0.4, -0.2) is 31.1 Å². The molecule has 0 aliphatic heterocycles. The number of thiophene rings is 1. The largest absolute Gasteiger partial charge is 0.369 e. The molecule has 4 aromatic heterocycles. The fourth-order valence-electron chi connectivity index (χ4n) is 2.47. The van der Waals surface area contributed by atoms with Crippen molar-refractivity contribution in [1.82, 2.24) is 24.6 Å². The minimum absolute atomic E-state index is 0.747. The Kier molecular flexibility index (Phi) is 3.19. The first-order valence-corrected chi connectivity index (χ1v) is 7.86. The Morgan fingerprint density at radius 1 is 1.23 bits per heavy atom. The summed E-state index contributed by atoms with van der Waals surface area (Å²) >= 11 is 1.68. The van der Waals surface area contributed by atoms with E-state index >= 15 is 0 Å². The van der Waals surface area contributed by atoms with Gasteiger partial charge in [0.15, 0.2) is 5.65 Å². The van der Waals surface area contributed by atoms with Crippen LogP contribution < -0.4 is 5.32 Å². The molecule has 4 rings (SSSR count). The van der Waals surface area contributed by atoms with Gasteiger partial charge in [0.2, 0.25) is 0 Å². The van der Waals surface area contributed by atoms with Crippen molar-refractivity contribution in [3.63, 3.8) is 0 Å². The number of hydrogen-bond acceptors (Lipinski definition) is 6. The van der Waals surface area contributed by atoms with Crippen LogP contribution in [0.15, 0.2) is 36.8 Å². The van der Waals surface area contributed by atoms with Crippen LogP contribution in [-0.2, 0) is 6.42 Å². The Morgan fingerprint density at radius 2 is 2.18 bits per heavy atom. The van der Waals surface area contributed by atoms with Gasteiger partial charge in [-0.05, 0) is 25.1 Å². The molecule has 0 spiro atoms. The second kappa shape index (κ2) is 5.34. The van der Waals surface area contributed by atoms with Gasteiger partial charge in [0.05, 0.1) is 5.39 Å². The molecule has 110 valence electrons. The second-order valence-corrected chi connectivity index (χ2v) is 6.25. The maximum atomic E-state index is 4.34. The van der Waals surface area contributed by atoms with Gasteiger partial charge in [-0.25, -0.2) is 9.97 Å². The average Bonchev–Trinajstić information content (AvgIpc) is 3.11. The Morgan fingerprint density at radius 3 is 3.14 bits per heavy atom. The maximum Gasteiger partial charge on any atom is 0.160 e. The van der Waals surface area contributed by atoms with Crippen molar-refractivity contribution >= 4 is 33.0 Å². The minimum Gasteiger partial charge on any atom is -0.369 e. The van der Waals surface area contributed by atoms with E-state index in [-0.39, 0.29) is 0 Å². The van der Waals surface area contributed by atoms with E-state index in [9.17, 15) is 0 Å². The standard InChI is InChI=1S/C15H14N6S/c1-10-8-11-14(17-9-18-15(11)22-10)16-6-5-13-20-19-12-4-2-3-7-21(12)13/h2-4,7-9H,5-6H2,1H3,(H,16,17,18). The third-order valence-electron chi connectivity index (χ3n) is 3.48. The summed E-state index contributed by atoms with van der Waals surface area (Å²) in [4.78, 5) is 10.9. The number of hydrogen-bond donors (Lipinski definition) is 1. The van der Waals surface area contributed by atoms with Crippen LogP contribution in [0, 0.1) is 6.92 Å². The Bertz CT molecular complexity index is 941. The third kappa shape index (κ3) is 2.29. The highest BCUT2D eigenvalue weighted by atomic mass is 32.1. The van der Waals surface area contributed by atoms with Crippen LogP contribution in [0.3, 0.4) is 0 Å². The summed E-state index contributed by atoms with van der Waals surface area (Å²) in [5.74, 6) is 1.82. The van der Waals surface area contributed by atoms with Gasteiger partial charge in [-0.2, -0.15) is 0 Å². The van der Waals surface area contributed by atoms with Gasteiger partial charge in [0.1, 0.15) is 22.8 Å². The number of aryl methyl sites for hydroxylation is 1. The number of anilines is 1. The lowest BCUT2D eigenvalue weighted by molar-refractivity contribution is 0.868. The Balaban J connectivity index is 1.52. The minimum atomic E-state index is 0.747. The lowest BCUT2D eigenvalue weighted by Crippen LogP contribution is -2.09. The van der Waals surface area contributed by atoms with E-state index in [0.717, 1.165) is 40.5 Å². The van der Waals surface area contributed by atoms with E-state index in [1.807, 2.05) is 28.8 Å². The predicted molar refractivity (Wildman–Crippen MR) is 87.3 cm³/mol. The highest BCUT2D eigenvalue weighted by Crippen LogP contribution is 2.27. The van der Waals surface area contributed by atoms with Crippen molar-refractivity contribution in [3.05, 3.63) is 47.5 Å². The Hall–Kier alpha value is -2.54. The predicted octanol–water partition coefficient (Wildman–Crippen LogP) is 2.70. The first-order valence-electron chi connectivity index (χ1n) is 7.05. The third-order valence-corrected chi connectivity index (χ3v) is 4.44. The maximum absolute atomic E-state index is 4.34. The van der Waals surface area contributed by atoms with Crippen molar-refractivity contribution in [2.24, 2.45) is 0 Å². The van der Waals surface area contributed by atoms with Crippen LogP contribution in [0.25, 0.3) is 15.9 Å². The molecule has 0 bridgehead atoms. The van der Waals surface area contributed by atoms with Crippen LogP contribution in [0.1, 0.15) is 10.7 Å². The summed E-state index contributed by atoms with van der Waals surface area (Å²) in [6.45, 7) is 2.83. The quantitative estimate of drug-likeness (QED) is 0.627. The van der Waals surface area contributed by atoms with Gasteiger partial charge in [-0.3, -0.25) is 4.40 Å². The van der Waals surface area contributed by atoms with Crippen LogP contribution in [0.2, 0.25) is 0 Å². The first kappa shape index (κ1) is 13.1. The van der Waals surface area contributed by atoms with Gasteiger partial charge < -0.3 is 5.32 Å². The summed E-state index contributed by atoms with van der Waals surface area (Å²) < 4.78 is 2.01. The highest BCUT2D eigenvalue weighted by molar-refractivity contribution is 7.18. The normalized spacial score (nSPS) is 11.3. The van der Waals surface area contributed by atoms with Crippen molar-refractivity contribution in [3.8, 4) is 0 Å². The van der Waals surface area contributed by atoms with Crippen LogP contribution in [0.4, 0.5) is 5.82 Å². The molecule has 0 aromatic carbocycles. The summed E-state index contributed by atoms with van der Waals surface area (Å²) in [5.41, 5.74) is 0.871. The lowest BCUT2D eigenvalue weighted by atomic mass is 10.3. The Labute approximate surface area is 130 Å². The molecule has 0 saturated heterocycles. The molecule has 0 unspecified atom stereocenters. The van der Waals surface area contributed by atoms with Crippen molar-refractivity contribution in [2.45, 2.75) is 13.3 Å². The molecule has 4 heterocycles. The van der Waals surface area contributed by atoms with E-state index in [1.54, 1.807) is 17.7 Å². The zero-order valence-electron chi connectivity index (χ0n) is 12.0. The van der Waals surface area contributed by atoms with E-state index in [0.29, 0.717) is 0 Å². The molecule has 0 aliphatic rings. The molecule has 6 nitrogen and oxygen atoms in total. The van der Waals surface area contributed by atoms with Gasteiger partial charge >= 0.3 is 0 Å². The van der Waals surface area contributed by atoms with Crippen molar-refractivity contribution in [2.75, 3.05) is 11.9 Å². The monoisotopic (exact) mass is 310 g/mol. The van der Waals surface area contributed by atoms with Gasteiger partial charge in [-0.1, -0.05) is 6.07 Å². The van der Waals surface area contributed by atoms with Gasteiger partial charge in [0.25, 0.3) is 0 Å². The molecule has 0 radical (unpaired) electrons. The smallest absolute Gasteiger partial charge is 0.160 e. The molecule has 0 aliphatic carbocycles. The second-order valence-electron chi connectivity index (χ2n) is 5.02.